The van der Waals surface area contributed by atoms with Crippen molar-refractivity contribution in [2.75, 3.05) is 0 Å². The molecule has 2 aliphatic carbocycles. The third-order valence-electron chi connectivity index (χ3n) is 6.81. The Labute approximate surface area is 175 Å². The summed E-state index contributed by atoms with van der Waals surface area (Å²) in [6.07, 6.45) is 3.12. The summed E-state index contributed by atoms with van der Waals surface area (Å²) in [6, 6.07) is 16.0. The van der Waals surface area contributed by atoms with Crippen molar-refractivity contribution in [1.82, 2.24) is 0 Å². The first kappa shape index (κ1) is 18.9. The van der Waals surface area contributed by atoms with Crippen LogP contribution in [-0.2, 0) is 23.2 Å². The Kier molecular flexibility index (Phi) is 4.80. The zero-order valence-corrected chi connectivity index (χ0v) is 19.6. The minimum absolute atomic E-state index is 0.225. The predicted octanol–water partition coefficient (Wildman–Crippen LogP) is 6.73. The van der Waals surface area contributed by atoms with E-state index in [0.29, 0.717) is 5.92 Å². The fraction of sp³-hybridized carbons (Fsp3) is 0.308. The molecule has 0 bridgehead atoms. The van der Waals surface area contributed by atoms with Crippen molar-refractivity contribution in [3.05, 3.63) is 86.2 Å². The summed E-state index contributed by atoms with van der Waals surface area (Å²) in [5.41, 5.74) is 10.9. The topological polar surface area (TPSA) is 0 Å². The van der Waals surface area contributed by atoms with Gasteiger partial charge in [0.05, 0.1) is 0 Å². The van der Waals surface area contributed by atoms with Gasteiger partial charge in [-0.25, -0.2) is 0 Å². The molecule has 1 atom stereocenters. The van der Waals surface area contributed by atoms with E-state index < -0.39 is 23.2 Å². The van der Waals surface area contributed by atoms with Crippen LogP contribution in [-0.4, -0.2) is 0 Å². The molecule has 0 nitrogen and oxygen atoms in total. The second-order valence-corrected chi connectivity index (χ2v) is 11.6. The number of fused-ring (bicyclic) bond motifs is 3. The Morgan fingerprint density at radius 3 is 2.33 bits per heavy atom. The molecule has 0 aromatic heterocycles. The van der Waals surface area contributed by atoms with Crippen LogP contribution in [0.15, 0.2) is 75.1 Å². The summed E-state index contributed by atoms with van der Waals surface area (Å²) < 4.78 is 3.41. The molecular weight excluding hydrogens is 404 g/mol. The molecule has 136 valence electrons. The molecule has 0 N–H and O–H groups in total. The van der Waals surface area contributed by atoms with Crippen LogP contribution in [0, 0.1) is 5.41 Å². The zero-order chi connectivity index (χ0) is 19.3. The molecular formula is C26H28Zr. The molecule has 0 spiro atoms. The number of allylic oxidation sites excluding steroid dienone is 5. The Morgan fingerprint density at radius 1 is 0.963 bits per heavy atom. The van der Waals surface area contributed by atoms with Gasteiger partial charge in [-0.2, -0.15) is 0 Å². The van der Waals surface area contributed by atoms with Gasteiger partial charge in [0, 0.05) is 0 Å². The van der Waals surface area contributed by atoms with Gasteiger partial charge in [-0.15, -0.1) is 0 Å². The first-order valence-corrected chi connectivity index (χ1v) is 12.3. The predicted molar refractivity (Wildman–Crippen MR) is 113 cm³/mol. The molecule has 0 amide bonds. The maximum atomic E-state index is 4.06. The SMILES string of the molecule is C=CCC1c2ccccc2-c2ccc[c]([Zr][C]3=C(C)C(C)=C(C)C3(C)C)c21. The molecule has 2 aliphatic rings. The summed E-state index contributed by atoms with van der Waals surface area (Å²) in [5, 5.41) is 0. The standard InChI is InChI=1S/C16H13.C10H15.Zr/c1-2-7-12-13-8-3-5-10-15(13)16-11-6-4-9-14(12)16;1-7-6-10(4,5)9(3)8(7)2;/h2-6,8,10-12H,1,7H2;1-5H3;. The third kappa shape index (κ3) is 2.82. The molecule has 0 fully saturated rings. The molecule has 2 aromatic rings. The summed E-state index contributed by atoms with van der Waals surface area (Å²) in [7, 11) is 0. The van der Waals surface area contributed by atoms with Crippen molar-refractivity contribution in [3.63, 3.8) is 0 Å². The van der Waals surface area contributed by atoms with Gasteiger partial charge < -0.3 is 0 Å². The average molecular weight is 432 g/mol. The van der Waals surface area contributed by atoms with Crippen LogP contribution in [0.4, 0.5) is 0 Å². The fourth-order valence-electron chi connectivity index (χ4n) is 4.88. The van der Waals surface area contributed by atoms with Crippen LogP contribution < -0.4 is 3.27 Å². The monoisotopic (exact) mass is 430 g/mol. The molecule has 2 aromatic carbocycles. The van der Waals surface area contributed by atoms with E-state index in [-0.39, 0.29) is 5.41 Å². The van der Waals surface area contributed by atoms with E-state index in [1.165, 1.54) is 22.3 Å². The van der Waals surface area contributed by atoms with Gasteiger partial charge in [-0.1, -0.05) is 0 Å². The van der Waals surface area contributed by atoms with Crippen molar-refractivity contribution in [2.45, 2.75) is 47.0 Å². The van der Waals surface area contributed by atoms with E-state index in [1.807, 2.05) is 0 Å². The van der Waals surface area contributed by atoms with Crippen molar-refractivity contribution in [1.29, 1.82) is 0 Å². The van der Waals surface area contributed by atoms with Gasteiger partial charge in [0.2, 0.25) is 0 Å². The summed E-state index contributed by atoms with van der Waals surface area (Å²) in [6.45, 7) is 15.9. The second kappa shape index (κ2) is 6.86. The Balaban J connectivity index is 1.84. The van der Waals surface area contributed by atoms with Crippen LogP contribution in [0.25, 0.3) is 11.1 Å². The van der Waals surface area contributed by atoms with E-state index in [2.05, 4.69) is 89.7 Å². The van der Waals surface area contributed by atoms with Gasteiger partial charge in [0.1, 0.15) is 0 Å². The van der Waals surface area contributed by atoms with Crippen LogP contribution in [0.3, 0.4) is 0 Å². The molecule has 1 heteroatoms. The minimum atomic E-state index is -0.884. The summed E-state index contributed by atoms with van der Waals surface area (Å²) in [4.78, 5) is 0. The normalized spacial score (nSPS) is 20.0. The van der Waals surface area contributed by atoms with E-state index in [9.17, 15) is 0 Å². The van der Waals surface area contributed by atoms with Crippen molar-refractivity contribution in [2.24, 2.45) is 5.41 Å². The first-order chi connectivity index (χ1) is 12.9. The van der Waals surface area contributed by atoms with Crippen LogP contribution in [0.1, 0.15) is 58.1 Å². The van der Waals surface area contributed by atoms with Crippen LogP contribution in [0.5, 0.6) is 0 Å². The Hall–Kier alpha value is -1.46. The average Bonchev–Trinajstić information content (AvgIpc) is 3.05. The molecule has 0 radical (unpaired) electrons. The number of rotatable bonds is 4. The molecule has 0 aliphatic heterocycles. The summed E-state index contributed by atoms with van der Waals surface area (Å²) in [5.74, 6) is 0.478. The van der Waals surface area contributed by atoms with E-state index in [4.69, 9.17) is 0 Å². The number of benzene rings is 2. The van der Waals surface area contributed by atoms with Gasteiger partial charge in [-0.3, -0.25) is 0 Å². The van der Waals surface area contributed by atoms with Gasteiger partial charge in [-0.05, 0) is 0 Å². The molecule has 1 unspecified atom stereocenters. The quantitative estimate of drug-likeness (QED) is 0.471. The van der Waals surface area contributed by atoms with Crippen molar-refractivity contribution in [3.8, 4) is 11.1 Å². The second-order valence-electron chi connectivity index (χ2n) is 8.43. The zero-order valence-electron chi connectivity index (χ0n) is 17.1. The Bertz CT molecular complexity index is 1000. The molecule has 0 saturated carbocycles. The third-order valence-corrected chi connectivity index (χ3v) is 11.6. The molecule has 0 heterocycles. The van der Waals surface area contributed by atoms with Crippen LogP contribution >= 0.6 is 0 Å². The van der Waals surface area contributed by atoms with Crippen LogP contribution in [0.2, 0.25) is 0 Å². The summed E-state index contributed by atoms with van der Waals surface area (Å²) >= 11 is -0.884. The van der Waals surface area contributed by atoms with Gasteiger partial charge in [0.25, 0.3) is 0 Å². The first-order valence-electron chi connectivity index (χ1n) is 9.87. The van der Waals surface area contributed by atoms with E-state index in [1.54, 1.807) is 23.3 Å². The van der Waals surface area contributed by atoms with Crippen molar-refractivity contribution < 1.29 is 23.2 Å². The molecule has 4 rings (SSSR count). The van der Waals surface area contributed by atoms with Crippen molar-refractivity contribution >= 4 is 3.27 Å². The van der Waals surface area contributed by atoms with E-state index >= 15 is 0 Å². The fourth-order valence-corrected chi connectivity index (χ4v) is 9.22. The number of hydrogen-bond acceptors (Lipinski definition) is 0. The number of hydrogen-bond donors (Lipinski definition) is 0. The van der Waals surface area contributed by atoms with Gasteiger partial charge in [0.15, 0.2) is 0 Å². The maximum absolute atomic E-state index is 4.06. The molecule has 0 saturated heterocycles. The Morgan fingerprint density at radius 2 is 1.67 bits per heavy atom. The molecule has 27 heavy (non-hydrogen) atoms. The van der Waals surface area contributed by atoms with Gasteiger partial charge >= 0.3 is 176 Å². The van der Waals surface area contributed by atoms with E-state index in [0.717, 1.165) is 6.42 Å².